The van der Waals surface area contributed by atoms with Crippen LogP contribution in [0.5, 0.6) is 0 Å². The molecule has 6 rings (SSSR count). The molecule has 0 heterocycles. The summed E-state index contributed by atoms with van der Waals surface area (Å²) in [6.45, 7) is 4.66. The molecule has 4 aromatic rings. The Kier molecular flexibility index (Phi) is 3.03. The molecular formula is C26H20OS. The van der Waals surface area contributed by atoms with Crippen LogP contribution in [0.2, 0.25) is 0 Å². The fraction of sp³-hybridized carbons (Fsp3) is 0.154. The van der Waals surface area contributed by atoms with E-state index in [9.17, 15) is 4.21 Å². The molecule has 1 unspecified atom stereocenters. The van der Waals surface area contributed by atoms with Crippen molar-refractivity contribution in [3.05, 3.63) is 77.9 Å². The van der Waals surface area contributed by atoms with Gasteiger partial charge in [-0.1, -0.05) is 74.5 Å². The summed E-state index contributed by atoms with van der Waals surface area (Å²) in [5.41, 5.74) is 10.3. The zero-order valence-electron chi connectivity index (χ0n) is 16.2. The van der Waals surface area contributed by atoms with Gasteiger partial charge in [0.2, 0.25) is 0 Å². The average Bonchev–Trinajstić information content (AvgIpc) is 2.85. The molecule has 0 aromatic heterocycles. The summed E-state index contributed by atoms with van der Waals surface area (Å²) < 4.78 is 12.7. The number of hydrogen-bond acceptors (Lipinski definition) is 1. The van der Waals surface area contributed by atoms with Gasteiger partial charge in [-0.05, 0) is 55.8 Å². The van der Waals surface area contributed by atoms with Crippen molar-refractivity contribution < 1.29 is 4.21 Å². The largest absolute Gasteiger partial charge is 0.255 e. The summed E-state index contributed by atoms with van der Waals surface area (Å²) in [6, 6.07) is 24.0. The third-order valence-corrected chi connectivity index (χ3v) is 7.56. The fourth-order valence-electron chi connectivity index (χ4n) is 5.35. The highest BCUT2D eigenvalue weighted by molar-refractivity contribution is 7.84. The van der Waals surface area contributed by atoms with Crippen molar-refractivity contribution in [2.45, 2.75) is 24.2 Å². The van der Waals surface area contributed by atoms with Crippen LogP contribution in [0.3, 0.4) is 0 Å². The Morgan fingerprint density at radius 2 is 1.32 bits per heavy atom. The van der Waals surface area contributed by atoms with Crippen molar-refractivity contribution in [3.8, 4) is 33.4 Å². The highest BCUT2D eigenvalue weighted by atomic mass is 32.2. The van der Waals surface area contributed by atoms with Gasteiger partial charge < -0.3 is 0 Å². The minimum Gasteiger partial charge on any atom is -0.255 e. The molecule has 1 atom stereocenters. The van der Waals surface area contributed by atoms with E-state index in [0.29, 0.717) is 0 Å². The second-order valence-corrected chi connectivity index (χ2v) is 9.73. The molecule has 1 nitrogen and oxygen atoms in total. The first kappa shape index (κ1) is 16.3. The molecule has 2 aliphatic rings. The normalized spacial score (nSPS) is 16.0. The van der Waals surface area contributed by atoms with E-state index >= 15 is 0 Å². The highest BCUT2D eigenvalue weighted by Gasteiger charge is 2.40. The molecule has 0 saturated heterocycles. The molecule has 0 fully saturated rings. The van der Waals surface area contributed by atoms with Gasteiger partial charge in [0.1, 0.15) is 0 Å². The van der Waals surface area contributed by atoms with Crippen LogP contribution in [0.15, 0.2) is 71.6 Å². The molecule has 0 aliphatic heterocycles. The Hall–Kier alpha value is -2.71. The van der Waals surface area contributed by atoms with Gasteiger partial charge in [0.05, 0.1) is 10.8 Å². The lowest BCUT2D eigenvalue weighted by Crippen LogP contribution is -2.15. The van der Waals surface area contributed by atoms with Crippen LogP contribution in [0.25, 0.3) is 44.2 Å². The zero-order chi connectivity index (χ0) is 19.2. The number of fused-ring (bicyclic) bond motifs is 3. The molecule has 0 N–H and O–H groups in total. The molecule has 2 aliphatic carbocycles. The quantitative estimate of drug-likeness (QED) is 0.323. The summed E-state index contributed by atoms with van der Waals surface area (Å²) in [7, 11) is -1.06. The van der Waals surface area contributed by atoms with Crippen molar-refractivity contribution in [2.24, 2.45) is 0 Å². The van der Waals surface area contributed by atoms with Gasteiger partial charge in [-0.3, -0.25) is 4.21 Å². The summed E-state index contributed by atoms with van der Waals surface area (Å²) in [4.78, 5) is 0.916. The van der Waals surface area contributed by atoms with Crippen molar-refractivity contribution in [2.75, 3.05) is 6.26 Å². The lowest BCUT2D eigenvalue weighted by atomic mass is 9.80. The van der Waals surface area contributed by atoms with Crippen molar-refractivity contribution in [1.29, 1.82) is 0 Å². The minimum atomic E-state index is -1.06. The predicted molar refractivity (Wildman–Crippen MR) is 118 cm³/mol. The maximum atomic E-state index is 12.7. The first-order valence-corrected chi connectivity index (χ1v) is 11.2. The molecule has 0 spiro atoms. The first-order chi connectivity index (χ1) is 13.5. The van der Waals surface area contributed by atoms with Crippen LogP contribution in [0.1, 0.15) is 25.0 Å². The van der Waals surface area contributed by atoms with E-state index in [2.05, 4.69) is 68.4 Å². The van der Waals surface area contributed by atoms with Gasteiger partial charge in [-0.25, -0.2) is 0 Å². The summed E-state index contributed by atoms with van der Waals surface area (Å²) in [6.07, 6.45) is 1.78. The number of rotatable bonds is 1. The molecule has 2 heteroatoms. The predicted octanol–water partition coefficient (Wildman–Crippen LogP) is 6.53. The van der Waals surface area contributed by atoms with Crippen LogP contribution in [0, 0.1) is 0 Å². The number of hydrogen-bond donors (Lipinski definition) is 0. The van der Waals surface area contributed by atoms with Gasteiger partial charge in [0.15, 0.2) is 0 Å². The Morgan fingerprint density at radius 1 is 0.679 bits per heavy atom. The summed E-state index contributed by atoms with van der Waals surface area (Å²) in [5, 5.41) is 2.55. The molecule has 4 aromatic carbocycles. The Balaban J connectivity index is 1.97. The average molecular weight is 381 g/mol. The highest BCUT2D eigenvalue weighted by Crippen LogP contribution is 2.58. The molecular weight excluding hydrogens is 360 g/mol. The van der Waals surface area contributed by atoms with Gasteiger partial charge in [-0.2, -0.15) is 0 Å². The van der Waals surface area contributed by atoms with Gasteiger partial charge in [-0.15, -0.1) is 0 Å². The maximum Gasteiger partial charge on any atom is 0.0504 e. The lowest BCUT2D eigenvalue weighted by molar-refractivity contribution is 0.661. The van der Waals surface area contributed by atoms with E-state index in [-0.39, 0.29) is 5.41 Å². The third-order valence-electron chi connectivity index (χ3n) is 6.60. The van der Waals surface area contributed by atoms with E-state index in [1.54, 1.807) is 6.26 Å². The Labute approximate surface area is 167 Å². The molecule has 0 bridgehead atoms. The summed E-state index contributed by atoms with van der Waals surface area (Å²) >= 11 is 0. The third kappa shape index (κ3) is 1.80. The second-order valence-electron chi connectivity index (χ2n) is 8.38. The fourth-order valence-corrected chi connectivity index (χ4v) is 6.13. The van der Waals surface area contributed by atoms with Crippen molar-refractivity contribution >= 4 is 21.6 Å². The van der Waals surface area contributed by atoms with Crippen molar-refractivity contribution in [1.82, 2.24) is 0 Å². The molecule has 0 saturated carbocycles. The van der Waals surface area contributed by atoms with E-state index in [1.807, 2.05) is 12.1 Å². The van der Waals surface area contributed by atoms with E-state index in [0.717, 1.165) is 10.5 Å². The topological polar surface area (TPSA) is 17.1 Å². The molecule has 136 valence electrons. The molecule has 28 heavy (non-hydrogen) atoms. The van der Waals surface area contributed by atoms with E-state index in [4.69, 9.17) is 0 Å². The van der Waals surface area contributed by atoms with Crippen LogP contribution in [-0.2, 0) is 16.2 Å². The van der Waals surface area contributed by atoms with Crippen molar-refractivity contribution in [3.63, 3.8) is 0 Å². The Bertz CT molecular complexity index is 1360. The summed E-state index contributed by atoms with van der Waals surface area (Å²) in [5.74, 6) is 0. The monoisotopic (exact) mass is 380 g/mol. The SMILES string of the molecule is CS(=O)c1cccc2c1-c1cccc3ccc4c(c13)-c1c-2cccc1C4(C)C. The molecule has 0 radical (unpaired) electrons. The van der Waals surface area contributed by atoms with Crippen LogP contribution >= 0.6 is 0 Å². The van der Waals surface area contributed by atoms with Crippen LogP contribution in [0.4, 0.5) is 0 Å². The lowest BCUT2D eigenvalue weighted by Gasteiger charge is -2.23. The van der Waals surface area contributed by atoms with Crippen LogP contribution < -0.4 is 0 Å². The maximum absolute atomic E-state index is 12.7. The van der Waals surface area contributed by atoms with Gasteiger partial charge in [0.25, 0.3) is 0 Å². The standard InChI is InChI=1S/C26H20OS/c1-26(2)19-11-5-8-17-16-9-6-12-21(28(3)27)23(16)18-10-4-7-15-13-14-20(26)25(22(15)18)24(17)19/h4-14H,1-3H3. The van der Waals surface area contributed by atoms with Gasteiger partial charge >= 0.3 is 0 Å². The molecule has 0 amide bonds. The minimum absolute atomic E-state index is 0.0231. The first-order valence-electron chi connectivity index (χ1n) is 9.67. The smallest absolute Gasteiger partial charge is 0.0504 e. The van der Waals surface area contributed by atoms with Crippen LogP contribution in [-0.4, -0.2) is 10.5 Å². The van der Waals surface area contributed by atoms with E-state index < -0.39 is 10.8 Å². The number of benzene rings is 4. The van der Waals surface area contributed by atoms with E-state index in [1.165, 1.54) is 49.7 Å². The zero-order valence-corrected chi connectivity index (χ0v) is 17.0. The Morgan fingerprint density at radius 3 is 2.11 bits per heavy atom. The van der Waals surface area contributed by atoms with Gasteiger partial charge in [0, 0.05) is 22.1 Å². The second kappa shape index (κ2) is 5.21.